The summed E-state index contributed by atoms with van der Waals surface area (Å²) in [6.45, 7) is 12.0. The fraction of sp³-hybridized carbons (Fsp3) is 0.889. The lowest BCUT2D eigenvalue weighted by Gasteiger charge is -2.57. The Morgan fingerprint density at radius 3 is 2.62 bits per heavy atom. The van der Waals surface area contributed by atoms with E-state index in [1.54, 1.807) is 0 Å². The van der Waals surface area contributed by atoms with E-state index in [0.29, 0.717) is 17.6 Å². The average Bonchev–Trinajstić information content (AvgIpc) is 2.98. The average molecular weight is 401 g/mol. The van der Waals surface area contributed by atoms with Crippen molar-refractivity contribution in [2.75, 3.05) is 0 Å². The summed E-state index contributed by atoms with van der Waals surface area (Å²) >= 11 is 0. The molecule has 2 nitrogen and oxygen atoms in total. The molecule has 0 bridgehead atoms. The molecule has 0 heterocycles. The van der Waals surface area contributed by atoms with Crippen LogP contribution in [0.25, 0.3) is 0 Å². The number of carbonyl (C=O) groups excluding carboxylic acids is 1. The van der Waals surface area contributed by atoms with Gasteiger partial charge in [0.15, 0.2) is 0 Å². The Morgan fingerprint density at radius 1 is 1.14 bits per heavy atom. The minimum Gasteiger partial charge on any atom is -0.393 e. The number of aliphatic hydroxyl groups is 1. The largest absolute Gasteiger partial charge is 0.393 e. The molecule has 0 spiro atoms. The van der Waals surface area contributed by atoms with E-state index in [0.717, 1.165) is 49.9 Å². The molecule has 0 amide bonds. The molecule has 1 N–H and O–H groups in total. The molecular weight excluding hydrogens is 356 g/mol. The molecule has 29 heavy (non-hydrogen) atoms. The first kappa shape index (κ1) is 21.6. The lowest BCUT2D eigenvalue weighted by molar-refractivity contribution is -0.145. The van der Waals surface area contributed by atoms with Crippen LogP contribution in [-0.2, 0) is 4.79 Å². The molecule has 4 rings (SSSR count). The summed E-state index contributed by atoms with van der Waals surface area (Å²) in [6.07, 6.45) is 13.4. The summed E-state index contributed by atoms with van der Waals surface area (Å²) < 4.78 is 0. The third kappa shape index (κ3) is 3.56. The van der Waals surface area contributed by atoms with Crippen molar-refractivity contribution in [1.29, 1.82) is 0 Å². The maximum atomic E-state index is 13.7. The predicted octanol–water partition coefficient (Wildman–Crippen LogP) is 6.57. The van der Waals surface area contributed by atoms with Crippen molar-refractivity contribution >= 4 is 5.78 Å². The Balaban J connectivity index is 1.55. The summed E-state index contributed by atoms with van der Waals surface area (Å²) in [6, 6.07) is 0. The number of hydrogen-bond acceptors (Lipinski definition) is 2. The maximum Gasteiger partial charge on any atom is 0.137 e. The monoisotopic (exact) mass is 400 g/mol. The van der Waals surface area contributed by atoms with Gasteiger partial charge in [0.1, 0.15) is 5.78 Å². The smallest absolute Gasteiger partial charge is 0.137 e. The van der Waals surface area contributed by atoms with Gasteiger partial charge in [0.05, 0.1) is 6.10 Å². The Hall–Kier alpha value is -0.630. The van der Waals surface area contributed by atoms with Crippen molar-refractivity contribution < 1.29 is 9.90 Å². The first-order chi connectivity index (χ1) is 13.7. The zero-order valence-corrected chi connectivity index (χ0v) is 19.5. The van der Waals surface area contributed by atoms with E-state index in [4.69, 9.17) is 0 Å². The van der Waals surface area contributed by atoms with Crippen LogP contribution >= 0.6 is 0 Å². The van der Waals surface area contributed by atoms with Crippen molar-refractivity contribution in [3.63, 3.8) is 0 Å². The van der Waals surface area contributed by atoms with Gasteiger partial charge >= 0.3 is 0 Å². The molecule has 8 atom stereocenters. The van der Waals surface area contributed by atoms with E-state index in [9.17, 15) is 9.90 Å². The number of fused-ring (bicyclic) bond motifs is 5. The van der Waals surface area contributed by atoms with E-state index in [2.05, 4.69) is 40.7 Å². The topological polar surface area (TPSA) is 37.3 Å². The minimum absolute atomic E-state index is 0.0154. The van der Waals surface area contributed by atoms with Crippen molar-refractivity contribution in [3.8, 4) is 0 Å². The highest BCUT2D eigenvalue weighted by Crippen LogP contribution is 2.66. The molecule has 164 valence electrons. The number of allylic oxidation sites excluding steroid dienone is 1. The number of rotatable bonds is 5. The van der Waals surface area contributed by atoms with E-state index in [-0.39, 0.29) is 22.9 Å². The van der Waals surface area contributed by atoms with Gasteiger partial charge in [-0.15, -0.1) is 0 Å². The SMILES string of the molecule is CC(C)CCC[C@@H](C)[C@H]1CC[C@H]2[C@@H]3CC=C4C[C@H](O)CC[C@]4(C)[C@H]3C(=O)C[C@]12C. The van der Waals surface area contributed by atoms with Crippen LogP contribution in [0.2, 0.25) is 0 Å². The standard InChI is InChI=1S/C27H44O2/c1-17(2)7-6-8-18(3)22-11-12-23-21-10-9-19-15-20(28)13-14-26(19,4)25(21)24(29)16-27(22,23)5/h9,17-18,20-23,25,28H,6-8,10-16H2,1-5H3/t18-,20-,21+,22-,23+,25-,26+,27-/m1/s1. The first-order valence-electron chi connectivity index (χ1n) is 12.6. The Morgan fingerprint density at radius 2 is 1.90 bits per heavy atom. The quantitative estimate of drug-likeness (QED) is 0.530. The van der Waals surface area contributed by atoms with E-state index in [1.165, 1.54) is 37.7 Å². The first-order valence-corrected chi connectivity index (χ1v) is 12.6. The summed E-state index contributed by atoms with van der Waals surface area (Å²) in [7, 11) is 0. The molecule has 0 aromatic carbocycles. The third-order valence-corrected chi connectivity index (χ3v) is 9.97. The highest BCUT2D eigenvalue weighted by Gasteiger charge is 2.62. The molecule has 0 unspecified atom stereocenters. The second kappa shape index (κ2) is 7.81. The molecule has 0 radical (unpaired) electrons. The van der Waals surface area contributed by atoms with Crippen molar-refractivity contribution in [2.24, 2.45) is 46.3 Å². The fourth-order valence-corrected chi connectivity index (χ4v) is 8.49. The van der Waals surface area contributed by atoms with Crippen LogP contribution < -0.4 is 0 Å². The molecule has 3 saturated carbocycles. The van der Waals surface area contributed by atoms with Crippen LogP contribution in [-0.4, -0.2) is 17.0 Å². The van der Waals surface area contributed by atoms with Gasteiger partial charge in [0, 0.05) is 12.3 Å². The van der Waals surface area contributed by atoms with Crippen molar-refractivity contribution in [3.05, 3.63) is 11.6 Å². The molecule has 4 aliphatic rings. The number of ketones is 1. The molecule has 2 heteroatoms. The molecule has 4 aliphatic carbocycles. The van der Waals surface area contributed by atoms with Crippen LogP contribution in [0.5, 0.6) is 0 Å². The zero-order chi connectivity index (χ0) is 21.0. The summed E-state index contributed by atoms with van der Waals surface area (Å²) in [5.74, 6) is 4.27. The summed E-state index contributed by atoms with van der Waals surface area (Å²) in [5, 5.41) is 10.2. The van der Waals surface area contributed by atoms with Gasteiger partial charge in [-0.25, -0.2) is 0 Å². The van der Waals surface area contributed by atoms with E-state index < -0.39 is 0 Å². The second-order valence-electron chi connectivity index (χ2n) is 12.2. The Bertz CT molecular complexity index is 663. The lowest BCUT2D eigenvalue weighted by Crippen LogP contribution is -2.55. The predicted molar refractivity (Wildman–Crippen MR) is 119 cm³/mol. The van der Waals surface area contributed by atoms with E-state index >= 15 is 0 Å². The molecule has 0 aromatic rings. The van der Waals surface area contributed by atoms with Gasteiger partial charge in [-0.3, -0.25) is 4.79 Å². The van der Waals surface area contributed by atoms with Crippen LogP contribution in [0.15, 0.2) is 11.6 Å². The van der Waals surface area contributed by atoms with Gasteiger partial charge in [-0.2, -0.15) is 0 Å². The van der Waals surface area contributed by atoms with Gasteiger partial charge in [-0.1, -0.05) is 65.5 Å². The fourth-order valence-electron chi connectivity index (χ4n) is 8.49. The molecule has 0 saturated heterocycles. The zero-order valence-electron chi connectivity index (χ0n) is 19.5. The van der Waals surface area contributed by atoms with Gasteiger partial charge in [-0.05, 0) is 78.9 Å². The molecule has 0 aromatic heterocycles. The molecular formula is C27H44O2. The van der Waals surface area contributed by atoms with Gasteiger partial charge in [0.25, 0.3) is 0 Å². The third-order valence-electron chi connectivity index (χ3n) is 9.97. The van der Waals surface area contributed by atoms with Crippen LogP contribution in [0.1, 0.15) is 98.8 Å². The van der Waals surface area contributed by atoms with E-state index in [1.807, 2.05) is 0 Å². The number of carbonyl (C=O) groups is 1. The maximum absolute atomic E-state index is 13.7. The van der Waals surface area contributed by atoms with Crippen LogP contribution in [0.4, 0.5) is 0 Å². The normalized spacial score (nSPS) is 45.4. The molecule has 3 fully saturated rings. The van der Waals surface area contributed by atoms with Gasteiger partial charge in [0.2, 0.25) is 0 Å². The van der Waals surface area contributed by atoms with Crippen molar-refractivity contribution in [2.45, 2.75) is 105 Å². The summed E-state index contributed by atoms with van der Waals surface area (Å²) in [4.78, 5) is 13.7. The second-order valence-corrected chi connectivity index (χ2v) is 12.2. The minimum atomic E-state index is -0.197. The molecule has 0 aliphatic heterocycles. The number of aliphatic hydroxyl groups excluding tert-OH is 1. The summed E-state index contributed by atoms with van der Waals surface area (Å²) in [5.41, 5.74) is 1.62. The Labute approximate surface area is 178 Å². The van der Waals surface area contributed by atoms with Crippen molar-refractivity contribution in [1.82, 2.24) is 0 Å². The highest BCUT2D eigenvalue weighted by molar-refractivity contribution is 5.85. The van der Waals surface area contributed by atoms with Crippen LogP contribution in [0.3, 0.4) is 0 Å². The lowest BCUT2D eigenvalue weighted by atomic mass is 9.46. The van der Waals surface area contributed by atoms with Gasteiger partial charge < -0.3 is 5.11 Å². The highest BCUT2D eigenvalue weighted by atomic mass is 16.3. The Kier molecular flexibility index (Phi) is 5.82. The number of Topliss-reactive ketones (excluding diaryl/α,β-unsaturated/α-hetero) is 1. The number of hydrogen-bond donors (Lipinski definition) is 1. The van der Waals surface area contributed by atoms with Crippen LogP contribution in [0, 0.1) is 46.3 Å².